The van der Waals surface area contributed by atoms with Gasteiger partial charge in [0, 0.05) is 19.5 Å². The Bertz CT molecular complexity index is 194. The Hall–Kier alpha value is -0.570. The maximum absolute atomic E-state index is 11.4. The Balaban J connectivity index is 2.57. The molecule has 3 heteroatoms. The summed E-state index contributed by atoms with van der Waals surface area (Å²) in [5, 5.41) is 0. The van der Waals surface area contributed by atoms with Crippen LogP contribution in [0.5, 0.6) is 0 Å². The largest absolute Gasteiger partial charge is 0.340 e. The highest BCUT2D eigenvalue weighted by atomic mass is 16.2. The quantitative estimate of drug-likeness (QED) is 0.744. The average molecular weight is 198 g/mol. The zero-order valence-corrected chi connectivity index (χ0v) is 9.33. The number of hydrogen-bond acceptors (Lipinski definition) is 2. The van der Waals surface area contributed by atoms with E-state index in [0.717, 1.165) is 32.4 Å². The van der Waals surface area contributed by atoms with Crippen LogP contribution in [0, 0.1) is 5.92 Å². The fourth-order valence-corrected chi connectivity index (χ4v) is 2.40. The van der Waals surface area contributed by atoms with Crippen LogP contribution in [-0.2, 0) is 4.79 Å². The van der Waals surface area contributed by atoms with Gasteiger partial charge in [-0.15, -0.1) is 0 Å². The highest BCUT2D eigenvalue weighted by Crippen LogP contribution is 2.24. The van der Waals surface area contributed by atoms with Crippen LogP contribution in [0.1, 0.15) is 39.5 Å². The molecule has 1 fully saturated rings. The van der Waals surface area contributed by atoms with E-state index in [4.69, 9.17) is 5.73 Å². The zero-order chi connectivity index (χ0) is 10.6. The number of likely N-dealkylation sites (tertiary alicyclic amines) is 1. The van der Waals surface area contributed by atoms with E-state index in [-0.39, 0.29) is 5.91 Å². The van der Waals surface area contributed by atoms with Crippen molar-refractivity contribution in [3.8, 4) is 0 Å². The molecule has 2 unspecified atom stereocenters. The Morgan fingerprint density at radius 1 is 1.57 bits per heavy atom. The Kier molecular flexibility index (Phi) is 4.39. The molecule has 0 bridgehead atoms. The molecule has 2 atom stereocenters. The monoisotopic (exact) mass is 198 g/mol. The van der Waals surface area contributed by atoms with Crippen LogP contribution in [0.4, 0.5) is 0 Å². The molecule has 1 aliphatic rings. The molecule has 0 saturated carbocycles. The molecule has 1 amide bonds. The summed E-state index contributed by atoms with van der Waals surface area (Å²) in [5.74, 6) is 0.766. The van der Waals surface area contributed by atoms with Gasteiger partial charge in [-0.05, 0) is 38.1 Å². The van der Waals surface area contributed by atoms with Crippen LogP contribution in [-0.4, -0.2) is 29.9 Å². The van der Waals surface area contributed by atoms with Crippen molar-refractivity contribution in [2.75, 3.05) is 13.1 Å². The van der Waals surface area contributed by atoms with Gasteiger partial charge in [-0.3, -0.25) is 4.79 Å². The molecule has 1 heterocycles. The van der Waals surface area contributed by atoms with Crippen molar-refractivity contribution in [3.05, 3.63) is 0 Å². The lowest BCUT2D eigenvalue weighted by atomic mass is 9.89. The molecule has 0 spiro atoms. The van der Waals surface area contributed by atoms with Crippen molar-refractivity contribution in [1.82, 2.24) is 4.90 Å². The van der Waals surface area contributed by atoms with Crippen molar-refractivity contribution in [2.24, 2.45) is 11.7 Å². The smallest absolute Gasteiger partial charge is 0.219 e. The van der Waals surface area contributed by atoms with E-state index in [0.29, 0.717) is 12.0 Å². The standard InChI is InChI=1S/C11H22N2O/c1-9(6-7-12)11-5-3-4-8-13(11)10(2)14/h9,11H,3-8,12H2,1-2H3. The third-order valence-corrected chi connectivity index (χ3v) is 3.23. The number of amides is 1. The summed E-state index contributed by atoms with van der Waals surface area (Å²) in [6, 6.07) is 0.435. The topological polar surface area (TPSA) is 46.3 Å². The predicted octanol–water partition coefficient (Wildman–Crippen LogP) is 1.37. The van der Waals surface area contributed by atoms with E-state index in [1.54, 1.807) is 6.92 Å². The Morgan fingerprint density at radius 2 is 2.29 bits per heavy atom. The molecule has 1 rings (SSSR count). The minimum absolute atomic E-state index is 0.221. The summed E-state index contributed by atoms with van der Waals surface area (Å²) in [7, 11) is 0. The predicted molar refractivity (Wildman–Crippen MR) is 57.9 cm³/mol. The highest BCUT2D eigenvalue weighted by Gasteiger charge is 2.28. The molecule has 0 aromatic rings. The van der Waals surface area contributed by atoms with E-state index < -0.39 is 0 Å². The summed E-state index contributed by atoms with van der Waals surface area (Å²) < 4.78 is 0. The number of carbonyl (C=O) groups is 1. The summed E-state index contributed by atoms with van der Waals surface area (Å²) in [6.07, 6.45) is 4.59. The minimum Gasteiger partial charge on any atom is -0.340 e. The lowest BCUT2D eigenvalue weighted by Gasteiger charge is -2.38. The molecule has 2 N–H and O–H groups in total. The first kappa shape index (κ1) is 11.5. The number of nitrogens with zero attached hydrogens (tertiary/aromatic N) is 1. The second kappa shape index (κ2) is 5.35. The van der Waals surface area contributed by atoms with E-state index >= 15 is 0 Å². The molecule has 1 saturated heterocycles. The first-order valence-corrected chi connectivity index (χ1v) is 5.64. The molecule has 0 aromatic carbocycles. The fraction of sp³-hybridized carbons (Fsp3) is 0.909. The maximum atomic E-state index is 11.4. The van der Waals surface area contributed by atoms with Gasteiger partial charge in [-0.1, -0.05) is 6.92 Å². The van der Waals surface area contributed by atoms with Crippen molar-refractivity contribution in [3.63, 3.8) is 0 Å². The molecule has 82 valence electrons. The second-order valence-corrected chi connectivity index (χ2v) is 4.33. The highest BCUT2D eigenvalue weighted by molar-refractivity contribution is 5.73. The SMILES string of the molecule is CC(=O)N1CCCCC1C(C)CCN. The van der Waals surface area contributed by atoms with Crippen LogP contribution in [0.2, 0.25) is 0 Å². The first-order valence-electron chi connectivity index (χ1n) is 5.64. The van der Waals surface area contributed by atoms with Crippen LogP contribution in [0.3, 0.4) is 0 Å². The summed E-state index contributed by atoms with van der Waals surface area (Å²) in [4.78, 5) is 13.4. The first-order chi connectivity index (χ1) is 6.66. The number of rotatable bonds is 3. The van der Waals surface area contributed by atoms with Gasteiger partial charge in [0.1, 0.15) is 0 Å². The van der Waals surface area contributed by atoms with Crippen LogP contribution >= 0.6 is 0 Å². The molecule has 1 aliphatic heterocycles. The number of hydrogen-bond donors (Lipinski definition) is 1. The molecule has 14 heavy (non-hydrogen) atoms. The summed E-state index contributed by atoms with van der Waals surface area (Å²) >= 11 is 0. The summed E-state index contributed by atoms with van der Waals surface area (Å²) in [5.41, 5.74) is 5.55. The van der Waals surface area contributed by atoms with E-state index in [1.165, 1.54) is 6.42 Å². The normalized spacial score (nSPS) is 24.8. The lowest BCUT2D eigenvalue weighted by Crippen LogP contribution is -2.46. The van der Waals surface area contributed by atoms with E-state index in [2.05, 4.69) is 6.92 Å². The Labute approximate surface area is 86.6 Å². The van der Waals surface area contributed by atoms with E-state index in [9.17, 15) is 4.79 Å². The van der Waals surface area contributed by atoms with Gasteiger partial charge >= 0.3 is 0 Å². The van der Waals surface area contributed by atoms with Gasteiger partial charge in [0.15, 0.2) is 0 Å². The van der Waals surface area contributed by atoms with Gasteiger partial charge in [0.05, 0.1) is 0 Å². The van der Waals surface area contributed by atoms with Crippen molar-refractivity contribution in [1.29, 1.82) is 0 Å². The average Bonchev–Trinajstić information content (AvgIpc) is 2.18. The third-order valence-electron chi connectivity index (χ3n) is 3.23. The van der Waals surface area contributed by atoms with Crippen LogP contribution in [0.25, 0.3) is 0 Å². The lowest BCUT2D eigenvalue weighted by molar-refractivity contribution is -0.133. The van der Waals surface area contributed by atoms with Crippen molar-refractivity contribution < 1.29 is 4.79 Å². The van der Waals surface area contributed by atoms with Gasteiger partial charge in [-0.2, -0.15) is 0 Å². The minimum atomic E-state index is 0.221. The number of nitrogens with two attached hydrogens (primary N) is 1. The van der Waals surface area contributed by atoms with Crippen LogP contribution in [0.15, 0.2) is 0 Å². The van der Waals surface area contributed by atoms with Gasteiger partial charge in [-0.25, -0.2) is 0 Å². The van der Waals surface area contributed by atoms with Gasteiger partial charge in [0.25, 0.3) is 0 Å². The van der Waals surface area contributed by atoms with Gasteiger partial charge < -0.3 is 10.6 Å². The maximum Gasteiger partial charge on any atom is 0.219 e. The molecule has 0 aliphatic carbocycles. The molecular formula is C11H22N2O. The van der Waals surface area contributed by atoms with Crippen molar-refractivity contribution >= 4 is 5.91 Å². The number of piperidine rings is 1. The Morgan fingerprint density at radius 3 is 2.86 bits per heavy atom. The summed E-state index contributed by atoms with van der Waals surface area (Å²) in [6.45, 7) is 5.55. The number of carbonyl (C=O) groups excluding carboxylic acids is 1. The van der Waals surface area contributed by atoms with Crippen molar-refractivity contribution in [2.45, 2.75) is 45.6 Å². The molecule has 3 nitrogen and oxygen atoms in total. The van der Waals surface area contributed by atoms with Gasteiger partial charge in [0.2, 0.25) is 5.91 Å². The third kappa shape index (κ3) is 2.71. The molecular weight excluding hydrogens is 176 g/mol. The van der Waals surface area contributed by atoms with Crippen LogP contribution < -0.4 is 5.73 Å². The fourth-order valence-electron chi connectivity index (χ4n) is 2.40. The molecule has 0 radical (unpaired) electrons. The molecule has 0 aromatic heterocycles. The van der Waals surface area contributed by atoms with E-state index in [1.807, 2.05) is 4.90 Å². The zero-order valence-electron chi connectivity index (χ0n) is 9.33. The second-order valence-electron chi connectivity index (χ2n) is 4.33.